The molecule has 0 saturated heterocycles. The van der Waals surface area contributed by atoms with Gasteiger partial charge in [0.1, 0.15) is 13.2 Å². The van der Waals surface area contributed by atoms with Crippen molar-refractivity contribution in [3.05, 3.63) is 48.5 Å². The summed E-state index contributed by atoms with van der Waals surface area (Å²) in [6.45, 7) is 4.08. The molecular weight excluding hydrogens is 422 g/mol. The van der Waals surface area contributed by atoms with Crippen LogP contribution >= 0.6 is 0 Å². The lowest BCUT2D eigenvalue weighted by molar-refractivity contribution is -0.135. The van der Waals surface area contributed by atoms with Crippen LogP contribution in [0.4, 0.5) is 5.69 Å². The van der Waals surface area contributed by atoms with Gasteiger partial charge in [0.15, 0.2) is 11.5 Å². The fourth-order valence-corrected chi connectivity index (χ4v) is 4.28. The number of ether oxygens (including phenoxy) is 2. The minimum absolute atomic E-state index is 0.0639. The summed E-state index contributed by atoms with van der Waals surface area (Å²) in [6.07, 6.45) is 0. The first-order valence-electron chi connectivity index (χ1n) is 9.86. The van der Waals surface area contributed by atoms with E-state index in [1.807, 2.05) is 0 Å². The Morgan fingerprint density at radius 1 is 1.06 bits per heavy atom. The molecule has 1 aliphatic rings. The number of fused-ring (bicyclic) bond motifs is 1. The van der Waals surface area contributed by atoms with E-state index in [1.165, 1.54) is 24.0 Å². The van der Waals surface area contributed by atoms with E-state index < -0.39 is 27.9 Å². The summed E-state index contributed by atoms with van der Waals surface area (Å²) >= 11 is 0. The second kappa shape index (κ2) is 9.80. The van der Waals surface area contributed by atoms with Crippen LogP contribution in [0.1, 0.15) is 13.8 Å². The van der Waals surface area contributed by atoms with Crippen molar-refractivity contribution in [1.29, 1.82) is 0 Å². The Morgan fingerprint density at radius 2 is 1.74 bits per heavy atom. The van der Waals surface area contributed by atoms with Gasteiger partial charge >= 0.3 is 0 Å². The molecule has 10 heteroatoms. The summed E-state index contributed by atoms with van der Waals surface area (Å²) in [5, 5.41) is 2.72. The van der Waals surface area contributed by atoms with E-state index in [4.69, 9.17) is 9.47 Å². The quantitative estimate of drug-likeness (QED) is 0.636. The van der Waals surface area contributed by atoms with Gasteiger partial charge in [0.05, 0.1) is 17.5 Å². The molecule has 0 saturated carbocycles. The SMILES string of the molecule is CCN(CC(=O)Nc1ccc2c(c1)OCCO2)C(=O)[C@H](C)NS(=O)(=O)c1ccccc1. The summed E-state index contributed by atoms with van der Waals surface area (Å²) in [4.78, 5) is 26.6. The fraction of sp³-hybridized carbons (Fsp3) is 0.333. The van der Waals surface area contributed by atoms with Gasteiger partial charge in [0.25, 0.3) is 0 Å². The van der Waals surface area contributed by atoms with Crippen LogP contribution in [-0.2, 0) is 19.6 Å². The van der Waals surface area contributed by atoms with E-state index in [1.54, 1.807) is 43.3 Å². The third kappa shape index (κ3) is 5.74. The zero-order chi connectivity index (χ0) is 22.4. The van der Waals surface area contributed by atoms with Gasteiger partial charge < -0.3 is 19.7 Å². The fourth-order valence-electron chi connectivity index (χ4n) is 3.07. The molecule has 2 N–H and O–H groups in total. The maximum absolute atomic E-state index is 12.7. The van der Waals surface area contributed by atoms with Gasteiger partial charge in [-0.1, -0.05) is 18.2 Å². The van der Waals surface area contributed by atoms with E-state index >= 15 is 0 Å². The zero-order valence-corrected chi connectivity index (χ0v) is 18.1. The maximum atomic E-state index is 12.7. The summed E-state index contributed by atoms with van der Waals surface area (Å²) in [7, 11) is -3.86. The molecule has 9 nitrogen and oxygen atoms in total. The minimum atomic E-state index is -3.86. The van der Waals surface area contributed by atoms with E-state index in [9.17, 15) is 18.0 Å². The molecule has 2 amide bonds. The van der Waals surface area contributed by atoms with Gasteiger partial charge in [-0.3, -0.25) is 9.59 Å². The molecule has 2 aromatic rings. The number of anilines is 1. The number of likely N-dealkylation sites (N-methyl/N-ethyl adjacent to an activating group) is 1. The molecule has 2 aromatic carbocycles. The van der Waals surface area contributed by atoms with E-state index in [-0.39, 0.29) is 18.0 Å². The summed E-state index contributed by atoms with van der Waals surface area (Å²) in [6, 6.07) is 11.8. The molecule has 0 aromatic heterocycles. The number of benzene rings is 2. The first kappa shape index (κ1) is 22.6. The van der Waals surface area contributed by atoms with Crippen molar-refractivity contribution in [1.82, 2.24) is 9.62 Å². The number of nitrogens with zero attached hydrogens (tertiary/aromatic N) is 1. The topological polar surface area (TPSA) is 114 Å². The molecule has 0 radical (unpaired) electrons. The molecule has 3 rings (SSSR count). The third-order valence-corrected chi connectivity index (χ3v) is 6.17. The number of rotatable bonds is 8. The van der Waals surface area contributed by atoms with Crippen molar-refractivity contribution >= 4 is 27.5 Å². The van der Waals surface area contributed by atoms with Crippen molar-refractivity contribution in [2.45, 2.75) is 24.8 Å². The standard InChI is InChI=1S/C21H25N3O6S/c1-3-24(21(26)15(2)23-31(27,28)17-7-5-4-6-8-17)14-20(25)22-16-9-10-18-19(13-16)30-12-11-29-18/h4-10,13,15,23H,3,11-12,14H2,1-2H3,(H,22,25)/t15-/m0/s1. The highest BCUT2D eigenvalue weighted by atomic mass is 32.2. The lowest BCUT2D eigenvalue weighted by Gasteiger charge is -2.24. The smallest absolute Gasteiger partial charge is 0.243 e. The largest absolute Gasteiger partial charge is 0.486 e. The molecular formula is C21H25N3O6S. The second-order valence-corrected chi connectivity index (χ2v) is 8.63. The molecule has 0 aliphatic carbocycles. The van der Waals surface area contributed by atoms with Gasteiger partial charge in [-0.15, -0.1) is 0 Å². The monoisotopic (exact) mass is 447 g/mol. The minimum Gasteiger partial charge on any atom is -0.486 e. The van der Waals surface area contributed by atoms with Crippen molar-refractivity contribution in [2.75, 3.05) is 31.6 Å². The van der Waals surface area contributed by atoms with Crippen LogP contribution in [0.3, 0.4) is 0 Å². The van der Waals surface area contributed by atoms with Crippen LogP contribution in [0.15, 0.2) is 53.4 Å². The zero-order valence-electron chi connectivity index (χ0n) is 17.3. The first-order chi connectivity index (χ1) is 14.8. The van der Waals surface area contributed by atoms with Gasteiger partial charge in [-0.05, 0) is 38.1 Å². The van der Waals surface area contributed by atoms with Crippen LogP contribution < -0.4 is 19.5 Å². The van der Waals surface area contributed by atoms with Crippen LogP contribution in [0, 0.1) is 0 Å². The summed E-state index contributed by atoms with van der Waals surface area (Å²) in [5.74, 6) is 0.231. The number of nitrogens with one attached hydrogen (secondary N) is 2. The number of sulfonamides is 1. The molecule has 0 unspecified atom stereocenters. The van der Waals surface area contributed by atoms with Crippen molar-refractivity contribution in [3.63, 3.8) is 0 Å². The Morgan fingerprint density at radius 3 is 2.42 bits per heavy atom. The maximum Gasteiger partial charge on any atom is 0.243 e. The van der Waals surface area contributed by atoms with Gasteiger partial charge in [-0.25, -0.2) is 8.42 Å². The molecule has 166 valence electrons. The van der Waals surface area contributed by atoms with Crippen LogP contribution in [0.5, 0.6) is 11.5 Å². The number of carbonyl (C=O) groups excluding carboxylic acids is 2. The van der Waals surface area contributed by atoms with Crippen molar-refractivity contribution in [2.24, 2.45) is 0 Å². The highest BCUT2D eigenvalue weighted by molar-refractivity contribution is 7.89. The number of amides is 2. The van der Waals surface area contributed by atoms with E-state index in [2.05, 4.69) is 10.0 Å². The molecule has 0 fully saturated rings. The molecule has 1 aliphatic heterocycles. The summed E-state index contributed by atoms with van der Waals surface area (Å²) < 4.78 is 38.2. The van der Waals surface area contributed by atoms with Crippen molar-refractivity contribution < 1.29 is 27.5 Å². The Balaban J connectivity index is 1.60. The van der Waals surface area contributed by atoms with Crippen LogP contribution in [0.2, 0.25) is 0 Å². The van der Waals surface area contributed by atoms with Crippen molar-refractivity contribution in [3.8, 4) is 11.5 Å². The predicted octanol–water partition coefficient (Wildman–Crippen LogP) is 1.61. The average Bonchev–Trinajstić information content (AvgIpc) is 2.77. The van der Waals surface area contributed by atoms with Gasteiger partial charge in [-0.2, -0.15) is 4.72 Å². The van der Waals surface area contributed by atoms with Crippen LogP contribution in [-0.4, -0.2) is 57.5 Å². The normalized spacial score (nSPS) is 13.9. The Kier molecular flexibility index (Phi) is 7.13. The number of hydrogen-bond donors (Lipinski definition) is 2. The molecule has 1 atom stereocenters. The van der Waals surface area contributed by atoms with Gasteiger partial charge in [0.2, 0.25) is 21.8 Å². The molecule has 1 heterocycles. The Hall–Kier alpha value is -3.11. The third-order valence-electron chi connectivity index (χ3n) is 4.61. The molecule has 0 bridgehead atoms. The molecule has 0 spiro atoms. The highest BCUT2D eigenvalue weighted by Crippen LogP contribution is 2.32. The number of carbonyl (C=O) groups is 2. The lowest BCUT2D eigenvalue weighted by atomic mass is 10.2. The Bertz CT molecular complexity index is 1040. The number of hydrogen-bond acceptors (Lipinski definition) is 6. The average molecular weight is 448 g/mol. The second-order valence-electron chi connectivity index (χ2n) is 6.92. The molecule has 31 heavy (non-hydrogen) atoms. The summed E-state index contributed by atoms with van der Waals surface area (Å²) in [5.41, 5.74) is 0.510. The lowest BCUT2D eigenvalue weighted by Crippen LogP contribution is -2.48. The Labute approximate surface area is 181 Å². The van der Waals surface area contributed by atoms with E-state index in [0.29, 0.717) is 30.4 Å². The van der Waals surface area contributed by atoms with E-state index in [0.717, 1.165) is 0 Å². The van der Waals surface area contributed by atoms with Gasteiger partial charge in [0, 0.05) is 18.3 Å². The highest BCUT2D eigenvalue weighted by Gasteiger charge is 2.26. The predicted molar refractivity (Wildman–Crippen MR) is 115 cm³/mol. The first-order valence-corrected chi connectivity index (χ1v) is 11.3. The van der Waals surface area contributed by atoms with Crippen LogP contribution in [0.25, 0.3) is 0 Å².